The summed E-state index contributed by atoms with van der Waals surface area (Å²) < 4.78 is 39.8. The van der Waals surface area contributed by atoms with Crippen LogP contribution in [0.15, 0.2) is 35.7 Å². The number of thiazole rings is 1. The summed E-state index contributed by atoms with van der Waals surface area (Å²) in [6.45, 7) is 5.10. The molecule has 0 saturated heterocycles. The highest BCUT2D eigenvalue weighted by Gasteiger charge is 2.62. The molecule has 0 aliphatic heterocycles. The van der Waals surface area contributed by atoms with E-state index in [2.05, 4.69) is 28.8 Å². The number of hydrogen-bond donors (Lipinski definition) is 2. The number of benzene rings is 1. The van der Waals surface area contributed by atoms with Gasteiger partial charge in [0.2, 0.25) is 15.9 Å². The van der Waals surface area contributed by atoms with Crippen molar-refractivity contribution in [2.45, 2.75) is 88.0 Å². The number of nitrogens with zero attached hydrogens (tertiary/aromatic N) is 3. The minimum Gasteiger partial charge on any atom is -0.495 e. The van der Waals surface area contributed by atoms with Crippen LogP contribution in [0.4, 0.5) is 0 Å². The Morgan fingerprint density at radius 3 is 2.58 bits per heavy atom. The molecule has 2 heterocycles. The molecule has 0 unspecified atom stereocenters. The van der Waals surface area contributed by atoms with Crippen LogP contribution in [0.5, 0.6) is 11.5 Å². The second-order valence-electron chi connectivity index (χ2n) is 15.0. The number of rotatable bonds is 17. The number of allylic oxidation sites excluding steroid dienone is 1. The summed E-state index contributed by atoms with van der Waals surface area (Å²) in [7, 11) is 1.73. The molecule has 12 nitrogen and oxygen atoms in total. The maximum Gasteiger partial charge on any atom is 0.259 e. The fraction of sp³-hybridized carbons (Fsp3) is 0.553. The second-order valence-corrected chi connectivity index (χ2v) is 18.2. The largest absolute Gasteiger partial charge is 0.495 e. The van der Waals surface area contributed by atoms with Crippen LogP contribution in [0.3, 0.4) is 0 Å². The van der Waals surface area contributed by atoms with Gasteiger partial charge in [-0.1, -0.05) is 37.6 Å². The number of aldehydes is 1. The number of aromatic nitrogens is 2. The first-order chi connectivity index (χ1) is 25.3. The number of sulfonamides is 1. The number of amides is 2. The van der Waals surface area contributed by atoms with Crippen molar-refractivity contribution in [1.82, 2.24) is 24.9 Å². The molecule has 2 N–H and O–H groups in total. The molecule has 3 fully saturated rings. The highest BCUT2D eigenvalue weighted by molar-refractivity contribution is 7.91. The lowest BCUT2D eigenvalue weighted by atomic mass is 9.96. The summed E-state index contributed by atoms with van der Waals surface area (Å²) in [6.07, 6.45) is 8.65. The normalized spacial score (nSPS) is 24.2. The fourth-order valence-corrected chi connectivity index (χ4v) is 9.51. The van der Waals surface area contributed by atoms with Gasteiger partial charge in [-0.25, -0.2) is 18.4 Å². The molecule has 3 saturated carbocycles. The summed E-state index contributed by atoms with van der Waals surface area (Å²) >= 11 is 8.22. The molecule has 3 aliphatic rings. The van der Waals surface area contributed by atoms with Crippen LogP contribution in [0.25, 0.3) is 21.6 Å². The lowest BCUT2D eigenvalue weighted by molar-refractivity contribution is -0.133. The van der Waals surface area contributed by atoms with Gasteiger partial charge in [0.15, 0.2) is 0 Å². The minimum atomic E-state index is -3.84. The van der Waals surface area contributed by atoms with E-state index in [1.165, 1.54) is 18.4 Å². The zero-order chi connectivity index (χ0) is 38.1. The van der Waals surface area contributed by atoms with Crippen LogP contribution in [-0.2, 0) is 24.4 Å². The van der Waals surface area contributed by atoms with Crippen molar-refractivity contribution in [3.63, 3.8) is 0 Å². The van der Waals surface area contributed by atoms with E-state index in [4.69, 9.17) is 31.0 Å². The highest BCUT2D eigenvalue weighted by Crippen LogP contribution is 2.47. The van der Waals surface area contributed by atoms with Crippen molar-refractivity contribution in [2.24, 2.45) is 17.8 Å². The predicted molar refractivity (Wildman–Crippen MR) is 206 cm³/mol. The van der Waals surface area contributed by atoms with Crippen molar-refractivity contribution in [3.8, 4) is 22.2 Å². The molecule has 3 aliphatic carbocycles. The molecule has 6 rings (SSSR count). The molecule has 53 heavy (non-hydrogen) atoms. The molecule has 0 bridgehead atoms. The van der Waals surface area contributed by atoms with Crippen LogP contribution < -0.4 is 19.5 Å². The monoisotopic (exact) mass is 785 g/mol. The Morgan fingerprint density at radius 2 is 1.92 bits per heavy atom. The van der Waals surface area contributed by atoms with Crippen LogP contribution in [0.1, 0.15) is 76.8 Å². The van der Waals surface area contributed by atoms with E-state index in [1.807, 2.05) is 37.7 Å². The number of carbonyl (C=O) groups is 3. The van der Waals surface area contributed by atoms with Crippen molar-refractivity contribution in [3.05, 3.63) is 46.4 Å². The average Bonchev–Trinajstić information content (AvgIpc) is 3.99. The average molecular weight is 786 g/mol. The third kappa shape index (κ3) is 8.71. The van der Waals surface area contributed by atoms with Crippen LogP contribution in [0, 0.1) is 17.8 Å². The summed E-state index contributed by atoms with van der Waals surface area (Å²) in [6, 6.07) is 5.35. The molecule has 0 spiro atoms. The molecule has 0 radical (unpaired) electrons. The molecule has 5 atom stereocenters. The molecular weight excluding hydrogens is 738 g/mol. The predicted octanol–water partition coefficient (Wildman–Crippen LogP) is 5.89. The Morgan fingerprint density at radius 1 is 1.15 bits per heavy atom. The van der Waals surface area contributed by atoms with E-state index in [9.17, 15) is 22.8 Å². The van der Waals surface area contributed by atoms with Gasteiger partial charge in [-0.15, -0.1) is 11.3 Å². The van der Waals surface area contributed by atoms with Gasteiger partial charge in [-0.05, 0) is 90.1 Å². The molecular formula is C38H48ClN5O7S2. The number of hydrogen-bond acceptors (Lipinski definition) is 11. The molecule has 15 heteroatoms. The highest BCUT2D eigenvalue weighted by atomic mass is 35.5. The Labute approximate surface area is 320 Å². The number of methoxy groups -OCH3 is 1. The van der Waals surface area contributed by atoms with Crippen LogP contribution >= 0.6 is 22.9 Å². The first kappa shape index (κ1) is 39.1. The molecule has 2 aromatic heterocycles. The van der Waals surface area contributed by atoms with Crippen molar-refractivity contribution >= 4 is 62.0 Å². The van der Waals surface area contributed by atoms with Gasteiger partial charge in [0, 0.05) is 28.7 Å². The Kier molecular flexibility index (Phi) is 11.8. The second kappa shape index (κ2) is 16.0. The maximum atomic E-state index is 14.0. The molecule has 286 valence electrons. The van der Waals surface area contributed by atoms with E-state index in [1.54, 1.807) is 12.1 Å². The summed E-state index contributed by atoms with van der Waals surface area (Å²) in [5, 5.41) is 5.97. The van der Waals surface area contributed by atoms with Gasteiger partial charge < -0.3 is 24.5 Å². The Hall–Kier alpha value is -3.59. The molecule has 1 aromatic carbocycles. The van der Waals surface area contributed by atoms with Crippen molar-refractivity contribution in [2.75, 3.05) is 27.7 Å². The van der Waals surface area contributed by atoms with Crippen LogP contribution in [0.2, 0.25) is 5.02 Å². The molecule has 2 amide bonds. The van der Waals surface area contributed by atoms with Crippen molar-refractivity contribution < 1.29 is 32.3 Å². The smallest absolute Gasteiger partial charge is 0.259 e. The number of fused-ring (bicyclic) bond motifs is 1. The van der Waals surface area contributed by atoms with E-state index in [-0.39, 0.29) is 31.1 Å². The zero-order valence-electron chi connectivity index (χ0n) is 30.8. The Balaban J connectivity index is 1.21. The van der Waals surface area contributed by atoms with Gasteiger partial charge >= 0.3 is 0 Å². The van der Waals surface area contributed by atoms with Gasteiger partial charge in [-0.2, -0.15) is 0 Å². The standard InChI is InChI=1S/C38H48ClN5O7S2/c1-22(2)30-21-52-36(41-30)29-18-32(27-13-14-31(50-5)33(39)34(27)40-29)51-25-16-23(20-45)28(17-25)35(46)42-38(37(47)43-53(48,49)26-11-12-26)19-24(38)10-8-6-7-9-15-44(3)4/h8,10,13-14,18,20-26,28H,6-7,9,11-12,15-17,19H2,1-5H3,(H,42,46)(H,43,47)/b10-8-/t23-,24+,25-,28+,38+/m0/s1. The van der Waals surface area contributed by atoms with Gasteiger partial charge in [0.05, 0.1) is 29.5 Å². The SMILES string of the molecule is COc1ccc2c(O[C@H]3C[C@@H](C=O)[C@H](C(=O)N[C@]4(C(=O)NS(=O)(=O)C5CC5)C[C@H]4/C=C\CCCCN(C)C)C3)cc(-c3nc(C(C)C)cs3)nc2c1Cl. The number of ether oxygens (including phenoxy) is 2. The zero-order valence-corrected chi connectivity index (χ0v) is 33.2. The first-order valence-electron chi connectivity index (χ1n) is 18.2. The van der Waals surface area contributed by atoms with E-state index >= 15 is 0 Å². The van der Waals surface area contributed by atoms with Gasteiger partial charge in [0.1, 0.15) is 45.2 Å². The summed E-state index contributed by atoms with van der Waals surface area (Å²) in [5.74, 6) is -1.89. The minimum absolute atomic E-state index is 0.206. The molecule has 3 aromatic rings. The summed E-state index contributed by atoms with van der Waals surface area (Å²) in [5.41, 5.74) is 0.562. The lowest BCUT2D eigenvalue weighted by Crippen LogP contribution is -2.54. The van der Waals surface area contributed by atoms with Gasteiger partial charge in [0.25, 0.3) is 5.91 Å². The number of unbranched alkanes of at least 4 members (excludes halogenated alkanes) is 2. The third-order valence-corrected chi connectivity index (χ3v) is 13.4. The van der Waals surface area contributed by atoms with E-state index in [0.717, 1.165) is 37.8 Å². The third-order valence-electron chi connectivity index (χ3n) is 10.3. The Bertz CT molecular complexity index is 2000. The topological polar surface area (TPSA) is 157 Å². The first-order valence-corrected chi connectivity index (χ1v) is 21.0. The number of nitrogens with one attached hydrogen (secondary N) is 2. The quantitative estimate of drug-likeness (QED) is 0.0962. The number of halogens is 1. The van der Waals surface area contributed by atoms with Crippen molar-refractivity contribution in [1.29, 1.82) is 0 Å². The number of carbonyl (C=O) groups excluding carboxylic acids is 3. The maximum absolute atomic E-state index is 14.0. The summed E-state index contributed by atoms with van der Waals surface area (Å²) in [4.78, 5) is 51.8. The van der Waals surface area contributed by atoms with E-state index in [0.29, 0.717) is 51.0 Å². The number of pyridine rings is 1. The van der Waals surface area contributed by atoms with Crippen LogP contribution in [-0.4, -0.2) is 86.0 Å². The van der Waals surface area contributed by atoms with Gasteiger partial charge in [-0.3, -0.25) is 14.3 Å². The van der Waals surface area contributed by atoms with E-state index < -0.39 is 50.6 Å². The lowest BCUT2D eigenvalue weighted by Gasteiger charge is -2.22. The fourth-order valence-electron chi connectivity index (χ4n) is 6.92.